The molecule has 25 heavy (non-hydrogen) atoms. The van der Waals surface area contributed by atoms with Gasteiger partial charge in [-0.25, -0.2) is 9.37 Å². The summed E-state index contributed by atoms with van der Waals surface area (Å²) >= 11 is 2.60. The molecule has 0 atom stereocenters. The number of hydrogen-bond donors (Lipinski definition) is 2. The Bertz CT molecular complexity index is 889. The van der Waals surface area contributed by atoms with E-state index in [0.29, 0.717) is 21.3 Å². The van der Waals surface area contributed by atoms with Crippen molar-refractivity contribution in [1.29, 1.82) is 0 Å². The third-order valence-corrected chi connectivity index (χ3v) is 5.14. The molecule has 5 nitrogen and oxygen atoms in total. The van der Waals surface area contributed by atoms with Gasteiger partial charge in [0, 0.05) is 15.3 Å². The lowest BCUT2D eigenvalue weighted by Gasteiger charge is -2.00. The lowest BCUT2D eigenvalue weighted by Crippen LogP contribution is -2.13. The van der Waals surface area contributed by atoms with Gasteiger partial charge in [0.05, 0.1) is 18.5 Å². The molecule has 2 heterocycles. The maximum Gasteiger partial charge on any atom is 0.308 e. The quantitative estimate of drug-likeness (QED) is 0.685. The van der Waals surface area contributed by atoms with Gasteiger partial charge in [-0.15, -0.1) is 22.7 Å². The smallest absolute Gasteiger partial charge is 0.308 e. The van der Waals surface area contributed by atoms with Crippen LogP contribution in [0.2, 0.25) is 0 Å². The molecule has 3 rings (SSSR count). The fourth-order valence-corrected chi connectivity index (χ4v) is 3.93. The Hall–Kier alpha value is -2.58. The molecule has 0 radical (unpaired) electrons. The number of benzene rings is 1. The summed E-state index contributed by atoms with van der Waals surface area (Å²) in [7, 11) is 0. The van der Waals surface area contributed by atoms with Crippen LogP contribution in [0.3, 0.4) is 0 Å². The van der Waals surface area contributed by atoms with Gasteiger partial charge in [-0.2, -0.15) is 0 Å². The standard InChI is InChI=1S/C17H13FN2O3S2/c18-11-5-3-10(4-6-11)16-13(9-15(22)23)25-17(20-16)19-14(21)8-12-2-1-7-24-12/h1-7H,8-9H2,(H,22,23)(H,19,20,21). The van der Waals surface area contributed by atoms with Crippen molar-refractivity contribution >= 4 is 39.7 Å². The van der Waals surface area contributed by atoms with Gasteiger partial charge in [0.1, 0.15) is 5.82 Å². The zero-order valence-electron chi connectivity index (χ0n) is 12.9. The predicted molar refractivity (Wildman–Crippen MR) is 95.5 cm³/mol. The summed E-state index contributed by atoms with van der Waals surface area (Å²) in [5.74, 6) is -1.60. The van der Waals surface area contributed by atoms with E-state index < -0.39 is 5.97 Å². The zero-order valence-corrected chi connectivity index (χ0v) is 14.5. The Morgan fingerprint density at radius 3 is 2.56 bits per heavy atom. The van der Waals surface area contributed by atoms with Crippen LogP contribution in [0.25, 0.3) is 11.3 Å². The van der Waals surface area contributed by atoms with Crippen molar-refractivity contribution in [3.8, 4) is 11.3 Å². The molecule has 0 aliphatic heterocycles. The molecule has 8 heteroatoms. The minimum atomic E-state index is -0.997. The Balaban J connectivity index is 1.83. The van der Waals surface area contributed by atoms with Crippen LogP contribution in [0, 0.1) is 5.82 Å². The number of aliphatic carboxylic acids is 1. The number of anilines is 1. The summed E-state index contributed by atoms with van der Waals surface area (Å²) in [5.41, 5.74) is 1.05. The van der Waals surface area contributed by atoms with Crippen LogP contribution in [0.1, 0.15) is 9.75 Å². The van der Waals surface area contributed by atoms with Crippen molar-refractivity contribution < 1.29 is 19.1 Å². The van der Waals surface area contributed by atoms with Gasteiger partial charge in [-0.3, -0.25) is 9.59 Å². The topological polar surface area (TPSA) is 79.3 Å². The van der Waals surface area contributed by atoms with E-state index in [2.05, 4.69) is 10.3 Å². The molecule has 0 aliphatic rings. The van der Waals surface area contributed by atoms with Gasteiger partial charge in [0.15, 0.2) is 5.13 Å². The number of thiazole rings is 1. The number of carbonyl (C=O) groups excluding carboxylic acids is 1. The van der Waals surface area contributed by atoms with Gasteiger partial charge < -0.3 is 10.4 Å². The monoisotopic (exact) mass is 376 g/mol. The van der Waals surface area contributed by atoms with E-state index in [0.717, 1.165) is 16.2 Å². The van der Waals surface area contributed by atoms with Crippen molar-refractivity contribution in [2.45, 2.75) is 12.8 Å². The second kappa shape index (κ2) is 7.54. The fraction of sp³-hybridized carbons (Fsp3) is 0.118. The number of hydrogen-bond acceptors (Lipinski definition) is 5. The maximum absolute atomic E-state index is 13.1. The van der Waals surface area contributed by atoms with Crippen LogP contribution in [0.15, 0.2) is 41.8 Å². The average molecular weight is 376 g/mol. The fourth-order valence-electron chi connectivity index (χ4n) is 2.23. The largest absolute Gasteiger partial charge is 0.481 e. The van der Waals surface area contributed by atoms with Gasteiger partial charge in [0.2, 0.25) is 5.91 Å². The first kappa shape index (κ1) is 17.2. The van der Waals surface area contributed by atoms with E-state index in [9.17, 15) is 14.0 Å². The summed E-state index contributed by atoms with van der Waals surface area (Å²) in [5, 5.41) is 14.0. The van der Waals surface area contributed by atoms with Crippen molar-refractivity contribution in [1.82, 2.24) is 4.98 Å². The number of nitrogens with zero attached hydrogens (tertiary/aromatic N) is 1. The second-order valence-corrected chi connectivity index (χ2v) is 7.29. The summed E-state index contributed by atoms with van der Waals surface area (Å²) in [4.78, 5) is 29.0. The molecule has 0 unspecified atom stereocenters. The molecule has 0 aliphatic carbocycles. The maximum atomic E-state index is 13.1. The van der Waals surface area contributed by atoms with E-state index in [-0.39, 0.29) is 24.6 Å². The van der Waals surface area contributed by atoms with E-state index in [1.165, 1.54) is 35.6 Å². The Labute approximate surface area is 150 Å². The number of aromatic nitrogens is 1. The van der Waals surface area contributed by atoms with Crippen LogP contribution in [-0.4, -0.2) is 22.0 Å². The summed E-state index contributed by atoms with van der Waals surface area (Å²) in [6, 6.07) is 9.38. The summed E-state index contributed by atoms with van der Waals surface area (Å²) in [6.45, 7) is 0. The van der Waals surface area contributed by atoms with E-state index in [1.54, 1.807) is 0 Å². The zero-order chi connectivity index (χ0) is 17.8. The first-order chi connectivity index (χ1) is 12.0. The van der Waals surface area contributed by atoms with Gasteiger partial charge in [-0.05, 0) is 35.7 Å². The Morgan fingerprint density at radius 2 is 1.92 bits per heavy atom. The average Bonchev–Trinajstić information content (AvgIpc) is 3.18. The number of amides is 1. The Kier molecular flexibility index (Phi) is 5.20. The first-order valence-electron chi connectivity index (χ1n) is 7.31. The van der Waals surface area contributed by atoms with Gasteiger partial charge in [0.25, 0.3) is 0 Å². The molecule has 0 saturated heterocycles. The number of halogens is 1. The second-order valence-electron chi connectivity index (χ2n) is 5.17. The van der Waals surface area contributed by atoms with E-state index in [4.69, 9.17) is 5.11 Å². The number of thiophene rings is 1. The van der Waals surface area contributed by atoms with Crippen molar-refractivity contribution in [3.63, 3.8) is 0 Å². The van der Waals surface area contributed by atoms with Gasteiger partial charge >= 0.3 is 5.97 Å². The highest BCUT2D eigenvalue weighted by atomic mass is 32.1. The normalized spacial score (nSPS) is 10.6. The minimum Gasteiger partial charge on any atom is -0.481 e. The summed E-state index contributed by atoms with van der Waals surface area (Å²) in [6.07, 6.45) is 0.0164. The first-order valence-corrected chi connectivity index (χ1v) is 9.00. The molecule has 3 aromatic rings. The van der Waals surface area contributed by atoms with Crippen molar-refractivity contribution in [2.75, 3.05) is 5.32 Å². The highest BCUT2D eigenvalue weighted by Gasteiger charge is 2.17. The van der Waals surface area contributed by atoms with Crippen LogP contribution in [-0.2, 0) is 22.4 Å². The van der Waals surface area contributed by atoms with Crippen molar-refractivity contribution in [2.24, 2.45) is 0 Å². The van der Waals surface area contributed by atoms with Crippen LogP contribution < -0.4 is 5.32 Å². The van der Waals surface area contributed by atoms with Crippen LogP contribution in [0.5, 0.6) is 0 Å². The number of carboxylic acids is 1. The minimum absolute atomic E-state index is 0.217. The molecule has 1 amide bonds. The molecular formula is C17H13FN2O3S2. The summed E-state index contributed by atoms with van der Waals surface area (Å²) < 4.78 is 13.1. The highest BCUT2D eigenvalue weighted by molar-refractivity contribution is 7.16. The lowest BCUT2D eigenvalue weighted by atomic mass is 10.1. The number of nitrogens with one attached hydrogen (secondary N) is 1. The number of rotatable bonds is 6. The molecule has 0 spiro atoms. The molecule has 1 aromatic carbocycles. The molecule has 0 fully saturated rings. The lowest BCUT2D eigenvalue weighted by molar-refractivity contribution is -0.136. The van der Waals surface area contributed by atoms with Gasteiger partial charge in [-0.1, -0.05) is 6.07 Å². The van der Waals surface area contributed by atoms with E-state index >= 15 is 0 Å². The predicted octanol–water partition coefficient (Wildman–Crippen LogP) is 3.82. The number of carboxylic acid groups (broad SMARTS) is 1. The highest BCUT2D eigenvalue weighted by Crippen LogP contribution is 2.32. The molecule has 0 bridgehead atoms. The Morgan fingerprint density at radius 1 is 1.16 bits per heavy atom. The SMILES string of the molecule is O=C(O)Cc1sc(NC(=O)Cc2cccs2)nc1-c1ccc(F)cc1. The van der Waals surface area contributed by atoms with Crippen molar-refractivity contribution in [3.05, 3.63) is 57.3 Å². The van der Waals surface area contributed by atoms with Crippen LogP contribution in [0.4, 0.5) is 9.52 Å². The molecule has 2 aromatic heterocycles. The number of carbonyl (C=O) groups is 2. The van der Waals surface area contributed by atoms with E-state index in [1.807, 2.05) is 17.5 Å². The molecule has 2 N–H and O–H groups in total. The molecule has 0 saturated carbocycles. The molecular weight excluding hydrogens is 363 g/mol. The third-order valence-electron chi connectivity index (χ3n) is 3.29. The third kappa shape index (κ3) is 4.49. The molecule has 128 valence electrons. The van der Waals surface area contributed by atoms with Crippen LogP contribution >= 0.6 is 22.7 Å².